The van der Waals surface area contributed by atoms with Crippen LogP contribution in [0.1, 0.15) is 34.8 Å². The predicted octanol–water partition coefficient (Wildman–Crippen LogP) is 3.07. The molecular formula is C21H25N3O2. The van der Waals surface area contributed by atoms with E-state index in [0.717, 1.165) is 18.4 Å². The van der Waals surface area contributed by atoms with E-state index >= 15 is 0 Å². The number of likely N-dealkylation sites (N-methyl/N-ethyl adjacent to an activating group) is 1. The topological polar surface area (TPSA) is 61.4 Å². The molecule has 0 heterocycles. The fourth-order valence-electron chi connectivity index (χ4n) is 2.89. The highest BCUT2D eigenvalue weighted by molar-refractivity contribution is 5.98. The van der Waals surface area contributed by atoms with Crippen molar-refractivity contribution in [1.82, 2.24) is 10.2 Å². The molecule has 0 bridgehead atoms. The van der Waals surface area contributed by atoms with Crippen molar-refractivity contribution in [3.8, 4) is 0 Å². The lowest BCUT2D eigenvalue weighted by Crippen LogP contribution is -2.34. The van der Waals surface area contributed by atoms with E-state index in [1.807, 2.05) is 38.4 Å². The SMILES string of the molecule is CN(C)C(CNC(=O)c1cccc(NC(=O)C2CC2)c1)c1ccccc1. The van der Waals surface area contributed by atoms with Gasteiger partial charge in [0.05, 0.1) is 6.04 Å². The number of benzene rings is 2. The summed E-state index contributed by atoms with van der Waals surface area (Å²) in [5.74, 6) is 0.0359. The second-order valence-electron chi connectivity index (χ2n) is 6.94. The summed E-state index contributed by atoms with van der Waals surface area (Å²) in [6.45, 7) is 0.508. The zero-order valence-electron chi connectivity index (χ0n) is 15.2. The highest BCUT2D eigenvalue weighted by Gasteiger charge is 2.29. The summed E-state index contributed by atoms with van der Waals surface area (Å²) in [6.07, 6.45) is 1.91. The minimum atomic E-state index is -0.143. The van der Waals surface area contributed by atoms with Gasteiger partial charge in [0.2, 0.25) is 5.91 Å². The molecule has 1 atom stereocenters. The number of amides is 2. The highest BCUT2D eigenvalue weighted by Crippen LogP contribution is 2.30. The van der Waals surface area contributed by atoms with Gasteiger partial charge in [-0.2, -0.15) is 0 Å². The van der Waals surface area contributed by atoms with Gasteiger partial charge in [-0.1, -0.05) is 36.4 Å². The van der Waals surface area contributed by atoms with E-state index in [2.05, 4.69) is 27.7 Å². The third-order valence-electron chi connectivity index (χ3n) is 4.60. The van der Waals surface area contributed by atoms with Gasteiger partial charge in [-0.15, -0.1) is 0 Å². The van der Waals surface area contributed by atoms with E-state index in [1.165, 1.54) is 0 Å². The Hall–Kier alpha value is -2.66. The Morgan fingerprint density at radius 1 is 1.08 bits per heavy atom. The van der Waals surface area contributed by atoms with Crippen LogP contribution in [0.3, 0.4) is 0 Å². The van der Waals surface area contributed by atoms with E-state index in [4.69, 9.17) is 0 Å². The maximum atomic E-state index is 12.5. The van der Waals surface area contributed by atoms with Gasteiger partial charge in [-0.25, -0.2) is 0 Å². The molecule has 3 rings (SSSR count). The zero-order chi connectivity index (χ0) is 18.5. The second-order valence-corrected chi connectivity index (χ2v) is 6.94. The first-order valence-electron chi connectivity index (χ1n) is 8.95. The van der Waals surface area contributed by atoms with Crippen LogP contribution in [0.15, 0.2) is 54.6 Å². The maximum absolute atomic E-state index is 12.5. The lowest BCUT2D eigenvalue weighted by atomic mass is 10.1. The molecule has 0 saturated heterocycles. The summed E-state index contributed by atoms with van der Waals surface area (Å²) in [6, 6.07) is 17.3. The normalized spacial score (nSPS) is 14.7. The lowest BCUT2D eigenvalue weighted by molar-refractivity contribution is -0.117. The first-order valence-corrected chi connectivity index (χ1v) is 8.95. The van der Waals surface area contributed by atoms with Crippen LogP contribution in [-0.2, 0) is 4.79 Å². The van der Waals surface area contributed by atoms with Gasteiger partial charge in [-0.05, 0) is 50.7 Å². The third kappa shape index (κ3) is 4.70. The standard InChI is InChI=1S/C21H25N3O2/c1-24(2)19(15-7-4-3-5-8-15)14-22-20(25)17-9-6-10-18(13-17)23-21(26)16-11-12-16/h3-10,13,16,19H,11-12,14H2,1-2H3,(H,22,25)(H,23,26). The lowest BCUT2D eigenvalue weighted by Gasteiger charge is -2.25. The Bertz CT molecular complexity index is 770. The van der Waals surface area contributed by atoms with Crippen LogP contribution >= 0.6 is 0 Å². The summed E-state index contributed by atoms with van der Waals surface area (Å²) in [5.41, 5.74) is 2.37. The fourth-order valence-corrected chi connectivity index (χ4v) is 2.89. The van der Waals surface area contributed by atoms with E-state index in [-0.39, 0.29) is 23.8 Å². The number of hydrogen-bond donors (Lipinski definition) is 2. The van der Waals surface area contributed by atoms with Crippen LogP contribution in [0.2, 0.25) is 0 Å². The van der Waals surface area contributed by atoms with Gasteiger partial charge in [0.15, 0.2) is 0 Å². The summed E-state index contributed by atoms with van der Waals surface area (Å²) in [5, 5.41) is 5.88. The molecule has 2 aromatic rings. The Morgan fingerprint density at radius 3 is 2.46 bits per heavy atom. The molecule has 136 valence electrons. The molecule has 0 aromatic heterocycles. The molecule has 26 heavy (non-hydrogen) atoms. The first kappa shape index (κ1) is 18.1. The average Bonchev–Trinajstić information content (AvgIpc) is 3.48. The number of nitrogens with one attached hydrogen (secondary N) is 2. The minimum absolute atomic E-state index is 0.0410. The van der Waals surface area contributed by atoms with E-state index < -0.39 is 0 Å². The zero-order valence-corrected chi connectivity index (χ0v) is 15.2. The molecule has 0 radical (unpaired) electrons. The maximum Gasteiger partial charge on any atom is 0.251 e. The first-order chi connectivity index (χ1) is 12.5. The molecular weight excluding hydrogens is 326 g/mol. The fraction of sp³-hybridized carbons (Fsp3) is 0.333. The number of hydrogen-bond acceptors (Lipinski definition) is 3. The monoisotopic (exact) mass is 351 g/mol. The summed E-state index contributed by atoms with van der Waals surface area (Å²) >= 11 is 0. The molecule has 2 N–H and O–H groups in total. The second kappa shape index (κ2) is 8.15. The van der Waals surface area contributed by atoms with Gasteiger partial charge >= 0.3 is 0 Å². The molecule has 0 aliphatic heterocycles. The van der Waals surface area contributed by atoms with Crippen LogP contribution in [-0.4, -0.2) is 37.4 Å². The Labute approximate surface area is 154 Å². The molecule has 0 spiro atoms. The van der Waals surface area contributed by atoms with E-state index in [9.17, 15) is 9.59 Å². The van der Waals surface area contributed by atoms with E-state index in [0.29, 0.717) is 17.8 Å². The number of anilines is 1. The van der Waals surface area contributed by atoms with Crippen molar-refractivity contribution in [3.05, 3.63) is 65.7 Å². The van der Waals surface area contributed by atoms with Gasteiger partial charge < -0.3 is 15.5 Å². The van der Waals surface area contributed by atoms with Crippen LogP contribution in [0.5, 0.6) is 0 Å². The molecule has 2 aromatic carbocycles. The Balaban J connectivity index is 1.62. The quantitative estimate of drug-likeness (QED) is 0.806. The molecule has 1 aliphatic rings. The van der Waals surface area contributed by atoms with Crippen molar-refractivity contribution in [3.63, 3.8) is 0 Å². The number of rotatable bonds is 7. The van der Waals surface area contributed by atoms with Crippen LogP contribution < -0.4 is 10.6 Å². The predicted molar refractivity (Wildman–Crippen MR) is 103 cm³/mol. The molecule has 5 nitrogen and oxygen atoms in total. The van der Waals surface area contributed by atoms with Gasteiger partial charge in [0.1, 0.15) is 0 Å². The van der Waals surface area contributed by atoms with Gasteiger partial charge in [0.25, 0.3) is 5.91 Å². The molecule has 5 heteroatoms. The van der Waals surface area contributed by atoms with Gasteiger partial charge in [0, 0.05) is 23.7 Å². The van der Waals surface area contributed by atoms with Crippen molar-refractivity contribution in [2.75, 3.05) is 26.0 Å². The highest BCUT2D eigenvalue weighted by atomic mass is 16.2. The number of nitrogens with zero attached hydrogens (tertiary/aromatic N) is 1. The minimum Gasteiger partial charge on any atom is -0.350 e. The molecule has 1 saturated carbocycles. The molecule has 1 fully saturated rings. The van der Waals surface area contributed by atoms with Crippen molar-refractivity contribution in [2.45, 2.75) is 18.9 Å². The number of carbonyl (C=O) groups excluding carboxylic acids is 2. The van der Waals surface area contributed by atoms with Crippen molar-refractivity contribution >= 4 is 17.5 Å². The van der Waals surface area contributed by atoms with Crippen LogP contribution in [0.25, 0.3) is 0 Å². The Morgan fingerprint density at radius 2 is 1.81 bits per heavy atom. The molecule has 1 aliphatic carbocycles. The van der Waals surface area contributed by atoms with Gasteiger partial charge in [-0.3, -0.25) is 9.59 Å². The number of carbonyl (C=O) groups is 2. The van der Waals surface area contributed by atoms with Crippen LogP contribution in [0, 0.1) is 5.92 Å². The average molecular weight is 351 g/mol. The molecule has 1 unspecified atom stereocenters. The Kier molecular flexibility index (Phi) is 5.68. The summed E-state index contributed by atoms with van der Waals surface area (Å²) in [7, 11) is 4.00. The molecule has 2 amide bonds. The van der Waals surface area contributed by atoms with Crippen molar-refractivity contribution in [2.24, 2.45) is 5.92 Å². The van der Waals surface area contributed by atoms with E-state index in [1.54, 1.807) is 18.2 Å². The summed E-state index contributed by atoms with van der Waals surface area (Å²) < 4.78 is 0. The summed E-state index contributed by atoms with van der Waals surface area (Å²) in [4.78, 5) is 26.5. The largest absolute Gasteiger partial charge is 0.350 e. The van der Waals surface area contributed by atoms with Crippen molar-refractivity contribution < 1.29 is 9.59 Å². The third-order valence-corrected chi connectivity index (χ3v) is 4.60. The smallest absolute Gasteiger partial charge is 0.251 e. The van der Waals surface area contributed by atoms with Crippen LogP contribution in [0.4, 0.5) is 5.69 Å². The van der Waals surface area contributed by atoms with Crippen molar-refractivity contribution in [1.29, 1.82) is 0 Å².